The largest absolute Gasteiger partial charge is 0.482 e. The fourth-order valence-electron chi connectivity index (χ4n) is 9.90. The van der Waals surface area contributed by atoms with Gasteiger partial charge in [-0.25, -0.2) is 9.59 Å². The van der Waals surface area contributed by atoms with Crippen molar-refractivity contribution >= 4 is 22.9 Å². The Labute approximate surface area is 380 Å². The number of carbonyl (C=O) groups excluding carboxylic acids is 2. The molecule has 65 heavy (non-hydrogen) atoms. The smallest absolute Gasteiger partial charge is 0.340 e. The molecule has 5 aromatic rings. The van der Waals surface area contributed by atoms with Crippen molar-refractivity contribution in [1.82, 2.24) is 0 Å². The molecule has 5 unspecified atom stereocenters. The standard InChI is InChI=1S/C55H58O10/c1-34(2)43-21-19-37-18-20-41-30-39(17-16-36-13-10-14-38(28-36)27-35-11-6-5-7-12-35)31-47(58)62-51-49-46(65-55(3,52(51)64-53(43)59)25-9-8-15-40(41)29-37)23-22-44-45(32-57)48(54(60)63-50(44)49)42(24-26-56)33-61-4/h5-7,10-14,18,20,22-23,28-29,39,42,51-52,56-57H,15-17,19,21,24-27,30-33H2,1-4H3. The number of hydrogen-bond donors (Lipinski definition) is 2. The van der Waals surface area contributed by atoms with Crippen LogP contribution in [0, 0.1) is 17.8 Å². The molecule has 0 fully saturated rings. The zero-order valence-corrected chi connectivity index (χ0v) is 37.7. The molecular formula is C55H58O10. The van der Waals surface area contributed by atoms with Gasteiger partial charge in [-0.1, -0.05) is 90.2 Å². The quantitative estimate of drug-likeness (QED) is 0.0573. The zero-order valence-electron chi connectivity index (χ0n) is 37.7. The van der Waals surface area contributed by atoms with E-state index in [-0.39, 0.29) is 60.9 Å². The number of aryl methyl sites for hydroxylation is 2. The summed E-state index contributed by atoms with van der Waals surface area (Å²) in [6, 6.07) is 28.9. The zero-order chi connectivity index (χ0) is 45.7. The van der Waals surface area contributed by atoms with Gasteiger partial charge in [-0.3, -0.25) is 4.79 Å². The molecule has 0 amide bonds. The first kappa shape index (κ1) is 45.6. The lowest BCUT2D eigenvalue weighted by atomic mass is 9.82. The van der Waals surface area contributed by atoms with E-state index < -0.39 is 47.9 Å². The topological polar surface area (TPSA) is 142 Å². The van der Waals surface area contributed by atoms with Gasteiger partial charge in [-0.05, 0) is 123 Å². The third-order valence-corrected chi connectivity index (χ3v) is 13.3. The number of fused-ring (bicyclic) bond motifs is 7. The van der Waals surface area contributed by atoms with E-state index in [2.05, 4.69) is 78.6 Å². The van der Waals surface area contributed by atoms with E-state index in [1.54, 1.807) is 19.1 Å². The maximum atomic E-state index is 14.8. The van der Waals surface area contributed by atoms with Crippen LogP contribution in [0.3, 0.4) is 0 Å². The van der Waals surface area contributed by atoms with E-state index in [0.717, 1.165) is 35.1 Å². The van der Waals surface area contributed by atoms with Crippen LogP contribution in [0.5, 0.6) is 5.75 Å². The Bertz CT molecular complexity index is 2710. The van der Waals surface area contributed by atoms with Gasteiger partial charge in [0.15, 0.2) is 17.8 Å². The molecule has 4 aromatic carbocycles. The summed E-state index contributed by atoms with van der Waals surface area (Å²) < 4.78 is 31.6. The summed E-state index contributed by atoms with van der Waals surface area (Å²) in [7, 11) is 1.50. The minimum Gasteiger partial charge on any atom is -0.482 e. The number of aliphatic hydroxyl groups excluding tert-OH is 2. The second-order valence-electron chi connectivity index (χ2n) is 18.2. The first-order valence-corrected chi connectivity index (χ1v) is 22.8. The number of allylic oxidation sites excluding steroid dienone is 1. The Kier molecular flexibility index (Phi) is 14.0. The van der Waals surface area contributed by atoms with Gasteiger partial charge in [-0.15, -0.1) is 0 Å². The molecule has 0 aliphatic carbocycles. The molecule has 10 heteroatoms. The molecule has 5 atom stereocenters. The van der Waals surface area contributed by atoms with Crippen LogP contribution in [-0.2, 0) is 62.5 Å². The van der Waals surface area contributed by atoms with Crippen LogP contribution >= 0.6 is 0 Å². The van der Waals surface area contributed by atoms with E-state index in [0.29, 0.717) is 48.6 Å². The third kappa shape index (κ3) is 9.98. The highest BCUT2D eigenvalue weighted by Gasteiger charge is 2.53. The average Bonchev–Trinajstić information content (AvgIpc) is 3.28. The van der Waals surface area contributed by atoms with Crippen molar-refractivity contribution in [3.63, 3.8) is 0 Å². The van der Waals surface area contributed by atoms with Crippen molar-refractivity contribution in [3.05, 3.63) is 157 Å². The molecule has 5 bridgehead atoms. The van der Waals surface area contributed by atoms with Crippen LogP contribution in [0.2, 0.25) is 0 Å². The minimum atomic E-state index is -1.32. The lowest BCUT2D eigenvalue weighted by molar-refractivity contribution is -0.190. The number of carbonyl (C=O) groups is 2. The molecule has 2 N–H and O–H groups in total. The average molecular weight is 879 g/mol. The molecule has 1 aromatic heterocycles. The van der Waals surface area contributed by atoms with Gasteiger partial charge in [0.25, 0.3) is 0 Å². The summed E-state index contributed by atoms with van der Waals surface area (Å²) >= 11 is 0. The van der Waals surface area contributed by atoms with Gasteiger partial charge < -0.3 is 33.6 Å². The van der Waals surface area contributed by atoms with Gasteiger partial charge in [0.05, 0.1) is 25.2 Å². The van der Waals surface area contributed by atoms with Crippen LogP contribution in [0.1, 0.15) is 115 Å². The predicted molar refractivity (Wildman–Crippen MR) is 248 cm³/mol. The molecule has 0 saturated carbocycles. The van der Waals surface area contributed by atoms with Crippen LogP contribution < -0.4 is 10.4 Å². The van der Waals surface area contributed by atoms with Crippen LogP contribution in [0.25, 0.3) is 11.0 Å². The van der Waals surface area contributed by atoms with E-state index >= 15 is 0 Å². The Morgan fingerprint density at radius 3 is 2.45 bits per heavy atom. The van der Waals surface area contributed by atoms with Gasteiger partial charge >= 0.3 is 17.6 Å². The van der Waals surface area contributed by atoms with Crippen molar-refractivity contribution < 1.29 is 43.2 Å². The third-order valence-electron chi connectivity index (χ3n) is 13.3. The number of benzene rings is 4. The highest BCUT2D eigenvalue weighted by atomic mass is 16.6. The van der Waals surface area contributed by atoms with Gasteiger partial charge in [0, 0.05) is 49.0 Å². The van der Waals surface area contributed by atoms with Crippen molar-refractivity contribution in [2.45, 2.75) is 115 Å². The van der Waals surface area contributed by atoms with Crippen molar-refractivity contribution in [2.75, 3.05) is 20.3 Å². The van der Waals surface area contributed by atoms with Crippen LogP contribution in [-0.4, -0.2) is 54.2 Å². The summed E-state index contributed by atoms with van der Waals surface area (Å²) in [5.74, 6) is 5.23. The van der Waals surface area contributed by atoms with E-state index in [9.17, 15) is 24.6 Å². The highest BCUT2D eigenvalue weighted by Crippen LogP contribution is 2.49. The molecule has 10 nitrogen and oxygen atoms in total. The van der Waals surface area contributed by atoms with Gasteiger partial charge in [-0.2, -0.15) is 0 Å². The molecule has 4 heterocycles. The molecule has 8 rings (SSSR count). The normalized spacial score (nSPS) is 21.2. The molecule has 3 aliphatic rings. The Balaban J connectivity index is 1.26. The number of aliphatic hydroxyl groups is 2. The summed E-state index contributed by atoms with van der Waals surface area (Å²) in [6.45, 7) is 4.92. The van der Waals surface area contributed by atoms with Crippen LogP contribution in [0.4, 0.5) is 0 Å². The van der Waals surface area contributed by atoms with E-state index in [4.69, 9.17) is 23.4 Å². The SMILES string of the molecule is COCC(CCO)c1c(CO)c2ccc3c(c2oc1=O)C1OC(=O)CC(CCc2cccc(Cc4ccccc4)c2)Cc2ccc4cc2CC#CCC(C)(O3)C1OC(=O)C(=C(C)C)CC4. The molecule has 3 aliphatic heterocycles. The maximum absolute atomic E-state index is 14.8. The number of ether oxygens (including phenoxy) is 4. The molecule has 0 radical (unpaired) electrons. The summed E-state index contributed by atoms with van der Waals surface area (Å²) in [5, 5.41) is 21.2. The fraction of sp³-hybridized carbons (Fsp3) is 0.400. The number of methoxy groups -OCH3 is 1. The number of rotatable bonds is 11. The van der Waals surface area contributed by atoms with Crippen LogP contribution in [0.15, 0.2) is 105 Å². The molecule has 338 valence electrons. The highest BCUT2D eigenvalue weighted by molar-refractivity contribution is 5.90. The van der Waals surface area contributed by atoms with Gasteiger partial charge in [0.1, 0.15) is 11.3 Å². The Morgan fingerprint density at radius 1 is 0.877 bits per heavy atom. The lowest BCUT2D eigenvalue weighted by Gasteiger charge is -2.44. The van der Waals surface area contributed by atoms with Gasteiger partial charge in [0.2, 0.25) is 0 Å². The molecule has 0 saturated heterocycles. The number of esters is 2. The second-order valence-corrected chi connectivity index (χ2v) is 18.2. The van der Waals surface area contributed by atoms with Crippen molar-refractivity contribution in [2.24, 2.45) is 5.92 Å². The fourth-order valence-corrected chi connectivity index (χ4v) is 9.90. The monoisotopic (exact) mass is 878 g/mol. The van der Waals surface area contributed by atoms with Crippen molar-refractivity contribution in [1.29, 1.82) is 0 Å². The first-order valence-electron chi connectivity index (χ1n) is 22.8. The Hall–Kier alpha value is -5.99. The van der Waals surface area contributed by atoms with E-state index in [1.807, 2.05) is 19.9 Å². The maximum Gasteiger partial charge on any atom is 0.340 e. The lowest BCUT2D eigenvalue weighted by Crippen LogP contribution is -2.54. The first-order chi connectivity index (χ1) is 31.5. The second kappa shape index (κ2) is 20.0. The van der Waals surface area contributed by atoms with E-state index in [1.165, 1.54) is 23.8 Å². The van der Waals surface area contributed by atoms with Crippen molar-refractivity contribution in [3.8, 4) is 17.6 Å². The predicted octanol–water partition coefficient (Wildman–Crippen LogP) is 8.75. The Morgan fingerprint density at radius 2 is 1.68 bits per heavy atom. The molecule has 0 spiro atoms. The number of hydrogen-bond acceptors (Lipinski definition) is 10. The summed E-state index contributed by atoms with van der Waals surface area (Å²) in [5.41, 5.74) is 6.91. The molecular weight excluding hydrogens is 821 g/mol. The summed E-state index contributed by atoms with van der Waals surface area (Å²) in [4.78, 5) is 43.4. The summed E-state index contributed by atoms with van der Waals surface area (Å²) in [6.07, 6.45) is 2.21. The minimum absolute atomic E-state index is 0.0431.